The molecule has 0 saturated heterocycles. The van der Waals surface area contributed by atoms with E-state index in [0.29, 0.717) is 23.2 Å². The molecule has 246 valence electrons. The van der Waals surface area contributed by atoms with Crippen molar-refractivity contribution in [2.75, 3.05) is 0 Å². The molecule has 4 nitrogen and oxygen atoms in total. The van der Waals surface area contributed by atoms with E-state index in [4.69, 9.17) is 10.5 Å². The predicted molar refractivity (Wildman–Crippen MR) is 187 cm³/mol. The summed E-state index contributed by atoms with van der Waals surface area (Å²) in [6, 6.07) is 7.53. The molecule has 1 aromatic carbocycles. The van der Waals surface area contributed by atoms with Gasteiger partial charge in [-0.05, 0) is 124 Å². The van der Waals surface area contributed by atoms with Gasteiger partial charge in [0.15, 0.2) is 0 Å². The summed E-state index contributed by atoms with van der Waals surface area (Å²) in [6.07, 6.45) is 17.1. The molecule has 4 aliphatic rings. The van der Waals surface area contributed by atoms with Gasteiger partial charge in [-0.1, -0.05) is 82.5 Å². The zero-order valence-corrected chi connectivity index (χ0v) is 29.5. The molecule has 0 amide bonds. The Morgan fingerprint density at radius 2 is 1.78 bits per heavy atom. The summed E-state index contributed by atoms with van der Waals surface area (Å²) in [6.45, 7) is 19.6. The molecule has 0 aliphatic heterocycles. The quantitative estimate of drug-likeness (QED) is 0.230. The van der Waals surface area contributed by atoms with Gasteiger partial charge >= 0.3 is 5.97 Å². The number of nitrogens with one attached hydrogen (secondary N) is 1. The van der Waals surface area contributed by atoms with Crippen molar-refractivity contribution in [2.45, 2.75) is 138 Å². The second-order valence-corrected chi connectivity index (χ2v) is 17.2. The van der Waals surface area contributed by atoms with Gasteiger partial charge in [-0.2, -0.15) is 0 Å². The Labute approximate surface area is 273 Å². The standard InChI is InChI=1S/C41H60N2O2/c1-26(2)12-11-13-27(3)30-18-22-41(8)32-16-17-35-38(4,5)36(20-21-39(35,6)31(32)19-23-40(30,41)7)45-37(44)33(42)24-28-25-43-34-15-10-9-14-29(28)34/h9-10,12,14-15,25,27,30,33,35-36,43H,11,13,16-24,42H2,1-8H3/t27-,30-,33?,35?,36+,39-,40-,41+/m1/s1. The minimum absolute atomic E-state index is 0.0961. The Bertz CT molecular complexity index is 1490. The van der Waals surface area contributed by atoms with E-state index < -0.39 is 6.04 Å². The van der Waals surface area contributed by atoms with E-state index in [2.05, 4.69) is 78.6 Å². The smallest absolute Gasteiger partial charge is 0.323 e. The zero-order chi connectivity index (χ0) is 32.4. The van der Waals surface area contributed by atoms with Crippen molar-refractivity contribution in [1.82, 2.24) is 4.98 Å². The third-order valence-electron chi connectivity index (χ3n) is 14.3. The van der Waals surface area contributed by atoms with Crippen LogP contribution in [0.25, 0.3) is 10.9 Å². The molecule has 4 heteroatoms. The Morgan fingerprint density at radius 3 is 2.53 bits per heavy atom. The lowest BCUT2D eigenvalue weighted by molar-refractivity contribution is -0.171. The number of ether oxygens (including phenoxy) is 1. The maximum atomic E-state index is 13.4. The Hall–Kier alpha value is -2.33. The van der Waals surface area contributed by atoms with Crippen LogP contribution < -0.4 is 5.73 Å². The zero-order valence-electron chi connectivity index (χ0n) is 29.5. The second kappa shape index (κ2) is 11.7. The highest BCUT2D eigenvalue weighted by Gasteiger charge is 2.63. The van der Waals surface area contributed by atoms with Crippen LogP contribution in [0.4, 0.5) is 0 Å². The average Bonchev–Trinajstić information content (AvgIpc) is 3.52. The molecule has 2 fully saturated rings. The number of hydrogen-bond acceptors (Lipinski definition) is 3. The van der Waals surface area contributed by atoms with E-state index in [9.17, 15) is 4.79 Å². The molecule has 8 atom stereocenters. The van der Waals surface area contributed by atoms with Crippen LogP contribution in [0.2, 0.25) is 0 Å². The van der Waals surface area contributed by atoms with Crippen molar-refractivity contribution in [3.63, 3.8) is 0 Å². The third-order valence-corrected chi connectivity index (χ3v) is 14.3. The molecular weight excluding hydrogens is 552 g/mol. The molecule has 2 saturated carbocycles. The van der Waals surface area contributed by atoms with Crippen molar-refractivity contribution in [3.8, 4) is 0 Å². The molecule has 1 heterocycles. The van der Waals surface area contributed by atoms with Crippen molar-refractivity contribution >= 4 is 16.9 Å². The van der Waals surface area contributed by atoms with Crippen LogP contribution in [0.15, 0.2) is 53.3 Å². The number of fused-ring (bicyclic) bond motifs is 5. The highest BCUT2D eigenvalue weighted by molar-refractivity contribution is 5.84. The largest absolute Gasteiger partial charge is 0.461 e. The first-order valence-electron chi connectivity index (χ1n) is 18.1. The van der Waals surface area contributed by atoms with Crippen LogP contribution in [0, 0.1) is 39.4 Å². The normalized spacial score (nSPS) is 35.3. The van der Waals surface area contributed by atoms with Gasteiger partial charge in [-0.3, -0.25) is 4.79 Å². The number of aromatic amines is 1. The molecule has 0 radical (unpaired) electrons. The van der Waals surface area contributed by atoms with Gasteiger partial charge in [-0.15, -0.1) is 0 Å². The topological polar surface area (TPSA) is 68.1 Å². The van der Waals surface area contributed by atoms with E-state index >= 15 is 0 Å². The highest BCUT2D eigenvalue weighted by Crippen LogP contribution is 2.72. The number of hydrogen-bond donors (Lipinski definition) is 2. The number of rotatable bonds is 8. The van der Waals surface area contributed by atoms with Gasteiger partial charge in [0.2, 0.25) is 0 Å². The summed E-state index contributed by atoms with van der Waals surface area (Å²) in [4.78, 5) is 16.8. The summed E-state index contributed by atoms with van der Waals surface area (Å²) in [5, 5.41) is 1.13. The third kappa shape index (κ3) is 5.26. The van der Waals surface area contributed by atoms with Crippen molar-refractivity contribution in [2.24, 2.45) is 45.1 Å². The summed E-state index contributed by atoms with van der Waals surface area (Å²) in [7, 11) is 0. The number of H-pyrrole nitrogens is 1. The van der Waals surface area contributed by atoms with Gasteiger partial charge in [0, 0.05) is 28.9 Å². The summed E-state index contributed by atoms with van der Waals surface area (Å²) in [5.74, 6) is 1.84. The molecule has 2 unspecified atom stereocenters. The number of allylic oxidation sites excluding steroid dienone is 4. The molecule has 1 aromatic heterocycles. The summed E-state index contributed by atoms with van der Waals surface area (Å²) in [5.41, 5.74) is 14.5. The number of aromatic nitrogens is 1. The highest BCUT2D eigenvalue weighted by atomic mass is 16.5. The summed E-state index contributed by atoms with van der Waals surface area (Å²) >= 11 is 0. The van der Waals surface area contributed by atoms with Crippen molar-refractivity contribution in [3.05, 3.63) is 58.8 Å². The van der Waals surface area contributed by atoms with E-state index in [1.54, 1.807) is 5.57 Å². The van der Waals surface area contributed by atoms with Gasteiger partial charge < -0.3 is 15.5 Å². The minimum atomic E-state index is -0.662. The van der Waals surface area contributed by atoms with Crippen molar-refractivity contribution in [1.29, 1.82) is 0 Å². The first-order chi connectivity index (χ1) is 21.2. The van der Waals surface area contributed by atoms with Crippen LogP contribution in [0.5, 0.6) is 0 Å². The van der Waals surface area contributed by atoms with Gasteiger partial charge in [0.05, 0.1) is 0 Å². The first-order valence-corrected chi connectivity index (χ1v) is 18.1. The van der Waals surface area contributed by atoms with E-state index in [-0.39, 0.29) is 22.9 Å². The number of carbonyl (C=O) groups is 1. The molecule has 0 bridgehead atoms. The molecule has 2 aromatic rings. The number of esters is 1. The van der Waals surface area contributed by atoms with E-state index in [0.717, 1.165) is 41.1 Å². The first kappa shape index (κ1) is 32.6. The average molecular weight is 613 g/mol. The predicted octanol–water partition coefficient (Wildman–Crippen LogP) is 10.1. The van der Waals surface area contributed by atoms with Crippen LogP contribution in [0.3, 0.4) is 0 Å². The van der Waals surface area contributed by atoms with Crippen LogP contribution in [-0.4, -0.2) is 23.1 Å². The fraction of sp³-hybridized carbons (Fsp3) is 0.683. The van der Waals surface area contributed by atoms with Crippen LogP contribution in [0.1, 0.15) is 125 Å². The second-order valence-electron chi connectivity index (χ2n) is 17.2. The van der Waals surface area contributed by atoms with Gasteiger partial charge in [0.25, 0.3) is 0 Å². The Morgan fingerprint density at radius 1 is 1.02 bits per heavy atom. The lowest BCUT2D eigenvalue weighted by atomic mass is 9.43. The number of nitrogens with two attached hydrogens (primary N) is 1. The number of carbonyl (C=O) groups excluding carboxylic acids is 1. The maximum absolute atomic E-state index is 13.4. The SMILES string of the molecule is CC(C)=CCC[C@@H](C)[C@H]1CC[C@@]2(C)C3=C(CC[C@]12C)[C@@]1(C)CC[C@H](OC(=O)C(N)Cc2c[nH]c4ccccc24)C(C)(C)C1CC3. The number of para-hydroxylation sites is 1. The maximum Gasteiger partial charge on any atom is 0.323 e. The molecule has 45 heavy (non-hydrogen) atoms. The molecule has 3 N–H and O–H groups in total. The Balaban J connectivity index is 1.18. The fourth-order valence-electron chi connectivity index (χ4n) is 11.5. The van der Waals surface area contributed by atoms with Crippen LogP contribution >= 0.6 is 0 Å². The van der Waals surface area contributed by atoms with E-state index in [1.165, 1.54) is 56.9 Å². The number of benzene rings is 1. The molecule has 6 rings (SSSR count). The molecule has 4 aliphatic carbocycles. The Kier molecular flexibility index (Phi) is 8.50. The van der Waals surface area contributed by atoms with Gasteiger partial charge in [0.1, 0.15) is 12.1 Å². The van der Waals surface area contributed by atoms with Crippen LogP contribution in [-0.2, 0) is 16.0 Å². The summed E-state index contributed by atoms with van der Waals surface area (Å²) < 4.78 is 6.36. The minimum Gasteiger partial charge on any atom is -0.461 e. The van der Waals surface area contributed by atoms with E-state index in [1.807, 2.05) is 23.9 Å². The van der Waals surface area contributed by atoms with Crippen molar-refractivity contribution < 1.29 is 9.53 Å². The van der Waals surface area contributed by atoms with Gasteiger partial charge in [-0.25, -0.2) is 0 Å². The lowest BCUT2D eigenvalue weighted by Gasteiger charge is -2.62. The fourth-order valence-corrected chi connectivity index (χ4v) is 11.5. The monoisotopic (exact) mass is 612 g/mol. The molecule has 0 spiro atoms. The lowest BCUT2D eigenvalue weighted by Crippen LogP contribution is -2.56. The molecular formula is C41H60N2O2.